The zero-order valence-electron chi connectivity index (χ0n) is 24.9. The summed E-state index contributed by atoms with van der Waals surface area (Å²) in [6.07, 6.45) is 0. The van der Waals surface area contributed by atoms with Gasteiger partial charge in [0.1, 0.15) is 5.58 Å². The van der Waals surface area contributed by atoms with Gasteiger partial charge in [-0.05, 0) is 63.4 Å². The molecule has 0 aliphatic heterocycles. The second-order valence-corrected chi connectivity index (χ2v) is 12.7. The molecule has 3 aromatic heterocycles. The molecule has 0 atom stereocenters. The first-order chi connectivity index (χ1) is 22.1. The molecule has 10 rings (SSSR count). The van der Waals surface area contributed by atoms with Crippen LogP contribution >= 0.6 is 0 Å². The molecule has 0 amide bonds. The van der Waals surface area contributed by atoms with Crippen LogP contribution in [0.15, 0.2) is 132 Å². The second kappa shape index (κ2) is 8.67. The number of hydrogen-bond acceptors (Lipinski definition) is 3. The van der Waals surface area contributed by atoms with Crippen LogP contribution in [-0.2, 0) is 5.41 Å². The Morgan fingerprint density at radius 2 is 1.29 bits per heavy atom. The van der Waals surface area contributed by atoms with Crippen LogP contribution in [0.25, 0.3) is 83.0 Å². The summed E-state index contributed by atoms with van der Waals surface area (Å²) in [6, 6.07) is 45.3. The van der Waals surface area contributed by atoms with E-state index in [4.69, 9.17) is 14.4 Å². The van der Waals surface area contributed by atoms with Crippen LogP contribution in [-0.4, -0.2) is 14.5 Å². The van der Waals surface area contributed by atoms with E-state index in [2.05, 4.69) is 134 Å². The van der Waals surface area contributed by atoms with Crippen molar-refractivity contribution in [1.29, 1.82) is 0 Å². The van der Waals surface area contributed by atoms with Crippen molar-refractivity contribution < 1.29 is 4.42 Å². The van der Waals surface area contributed by atoms with E-state index in [1.165, 1.54) is 43.8 Å². The van der Waals surface area contributed by atoms with Gasteiger partial charge in [0.15, 0.2) is 0 Å². The van der Waals surface area contributed by atoms with Gasteiger partial charge in [-0.25, -0.2) is 4.98 Å². The fourth-order valence-electron chi connectivity index (χ4n) is 7.64. The fourth-order valence-corrected chi connectivity index (χ4v) is 7.64. The van der Waals surface area contributed by atoms with Crippen LogP contribution in [0.4, 0.5) is 0 Å². The predicted octanol–water partition coefficient (Wildman–Crippen LogP) is 10.6. The van der Waals surface area contributed by atoms with Crippen molar-refractivity contribution in [1.82, 2.24) is 14.5 Å². The van der Waals surface area contributed by atoms with Crippen LogP contribution in [0.2, 0.25) is 0 Å². The van der Waals surface area contributed by atoms with E-state index >= 15 is 0 Å². The molecule has 0 spiro atoms. The molecule has 3 heterocycles. The summed E-state index contributed by atoms with van der Waals surface area (Å²) < 4.78 is 8.66. The minimum atomic E-state index is -0.122. The van der Waals surface area contributed by atoms with Crippen molar-refractivity contribution in [3.8, 4) is 28.3 Å². The van der Waals surface area contributed by atoms with Crippen molar-refractivity contribution >= 4 is 54.6 Å². The van der Waals surface area contributed by atoms with Crippen molar-refractivity contribution in [2.75, 3.05) is 0 Å². The van der Waals surface area contributed by atoms with Gasteiger partial charge < -0.3 is 4.42 Å². The number of furan rings is 1. The van der Waals surface area contributed by atoms with Gasteiger partial charge in [-0.1, -0.05) is 111 Å². The van der Waals surface area contributed by atoms with Gasteiger partial charge in [0.05, 0.1) is 22.1 Å². The maximum absolute atomic E-state index is 6.47. The third-order valence-corrected chi connectivity index (χ3v) is 9.82. The topological polar surface area (TPSA) is 43.9 Å². The second-order valence-electron chi connectivity index (χ2n) is 12.7. The van der Waals surface area contributed by atoms with Crippen LogP contribution in [0.1, 0.15) is 25.0 Å². The lowest BCUT2D eigenvalue weighted by molar-refractivity contribution is 0.651. The first-order valence-corrected chi connectivity index (χ1v) is 15.4. The Kier molecular flexibility index (Phi) is 4.76. The maximum atomic E-state index is 6.47. The lowest BCUT2D eigenvalue weighted by Gasteiger charge is -2.22. The molecule has 212 valence electrons. The van der Waals surface area contributed by atoms with Crippen molar-refractivity contribution in [2.24, 2.45) is 0 Å². The Labute approximate surface area is 259 Å². The lowest BCUT2D eigenvalue weighted by atomic mass is 9.82. The molecule has 1 aliphatic rings. The highest BCUT2D eigenvalue weighted by atomic mass is 16.3. The molecule has 0 saturated heterocycles. The Hall–Kier alpha value is -5.74. The van der Waals surface area contributed by atoms with Crippen LogP contribution in [0.5, 0.6) is 0 Å². The molecular weight excluding hydrogens is 550 g/mol. The number of benzene rings is 6. The summed E-state index contributed by atoms with van der Waals surface area (Å²) in [5, 5.41) is 6.70. The molecule has 4 heteroatoms. The minimum Gasteiger partial charge on any atom is -0.437 e. The summed E-state index contributed by atoms with van der Waals surface area (Å²) in [5.41, 5.74) is 10.6. The summed E-state index contributed by atoms with van der Waals surface area (Å²) >= 11 is 0. The normalized spacial score (nSPS) is 13.7. The first kappa shape index (κ1) is 24.7. The number of fused-ring (bicyclic) bond motifs is 10. The van der Waals surface area contributed by atoms with E-state index in [1.54, 1.807) is 0 Å². The van der Waals surface area contributed by atoms with Crippen molar-refractivity contribution in [3.05, 3.63) is 139 Å². The number of rotatable bonds is 2. The zero-order valence-corrected chi connectivity index (χ0v) is 24.9. The van der Waals surface area contributed by atoms with Gasteiger partial charge in [-0.3, -0.25) is 4.57 Å². The number of nitrogens with zero attached hydrogens (tertiary/aromatic N) is 3. The van der Waals surface area contributed by atoms with E-state index in [0.717, 1.165) is 38.6 Å². The van der Waals surface area contributed by atoms with E-state index < -0.39 is 0 Å². The maximum Gasteiger partial charge on any atom is 0.238 e. The number of para-hydroxylation sites is 2. The van der Waals surface area contributed by atoms with Crippen LogP contribution in [0.3, 0.4) is 0 Å². The fraction of sp³-hybridized carbons (Fsp3) is 0.0732. The monoisotopic (exact) mass is 577 g/mol. The average Bonchev–Trinajstić information content (AvgIpc) is 3.68. The quantitative estimate of drug-likeness (QED) is 0.205. The molecule has 0 unspecified atom stereocenters. The van der Waals surface area contributed by atoms with Gasteiger partial charge in [0.2, 0.25) is 11.7 Å². The van der Waals surface area contributed by atoms with E-state index in [-0.39, 0.29) is 5.41 Å². The van der Waals surface area contributed by atoms with Crippen LogP contribution in [0, 0.1) is 0 Å². The molecule has 0 radical (unpaired) electrons. The molecule has 0 N–H and O–H groups in total. The Morgan fingerprint density at radius 3 is 2.18 bits per heavy atom. The third-order valence-electron chi connectivity index (χ3n) is 9.82. The van der Waals surface area contributed by atoms with E-state index in [9.17, 15) is 0 Å². The first-order valence-electron chi connectivity index (χ1n) is 15.4. The van der Waals surface area contributed by atoms with E-state index in [0.29, 0.717) is 11.7 Å². The van der Waals surface area contributed by atoms with Crippen molar-refractivity contribution in [2.45, 2.75) is 19.3 Å². The largest absolute Gasteiger partial charge is 0.437 e. The third kappa shape index (κ3) is 3.31. The molecule has 1 aliphatic carbocycles. The Bertz CT molecular complexity index is 2690. The van der Waals surface area contributed by atoms with Gasteiger partial charge in [0.25, 0.3) is 0 Å². The highest BCUT2D eigenvalue weighted by Crippen LogP contribution is 2.50. The zero-order chi connectivity index (χ0) is 29.9. The summed E-state index contributed by atoms with van der Waals surface area (Å²) in [5.74, 6) is 0.598. The van der Waals surface area contributed by atoms with Gasteiger partial charge >= 0.3 is 0 Å². The number of hydrogen-bond donors (Lipinski definition) is 0. The number of aromatic nitrogens is 3. The predicted molar refractivity (Wildman–Crippen MR) is 184 cm³/mol. The Balaban J connectivity index is 1.30. The summed E-state index contributed by atoms with van der Waals surface area (Å²) in [6.45, 7) is 4.64. The minimum absolute atomic E-state index is 0.122. The molecule has 4 nitrogen and oxygen atoms in total. The molecule has 45 heavy (non-hydrogen) atoms. The van der Waals surface area contributed by atoms with Gasteiger partial charge in [-0.2, -0.15) is 4.98 Å². The Morgan fingerprint density at radius 1 is 0.578 bits per heavy atom. The smallest absolute Gasteiger partial charge is 0.238 e. The molecule has 9 aromatic rings. The molecular formula is C41H27N3O. The van der Waals surface area contributed by atoms with Gasteiger partial charge in [0, 0.05) is 27.1 Å². The highest BCUT2D eigenvalue weighted by molar-refractivity contribution is 6.14. The average molecular weight is 578 g/mol. The van der Waals surface area contributed by atoms with E-state index in [1.807, 2.05) is 12.1 Å². The highest BCUT2D eigenvalue weighted by Gasteiger charge is 2.35. The molecule has 0 fully saturated rings. The lowest BCUT2D eigenvalue weighted by Crippen LogP contribution is -2.15. The molecule has 6 aromatic carbocycles. The van der Waals surface area contributed by atoms with Crippen LogP contribution < -0.4 is 0 Å². The molecule has 0 bridgehead atoms. The SMILES string of the molecule is CC1(C)c2ccccc2-c2ccc(-c3nc(-n4c5ccccc5c5cc6ccccc6cc54)nc4oc5ccccc5c34)cc21. The molecule has 0 saturated carbocycles. The van der Waals surface area contributed by atoms with Gasteiger partial charge in [-0.15, -0.1) is 0 Å². The van der Waals surface area contributed by atoms with Crippen molar-refractivity contribution in [3.63, 3.8) is 0 Å². The summed E-state index contributed by atoms with van der Waals surface area (Å²) in [4.78, 5) is 10.6. The standard InChI is InChI=1S/C41H27N3O/c1-41(2)32-16-8-5-13-27(32)28-20-19-26(22-33(28)41)38-37-30-15-7-10-18-36(30)45-39(37)43-40(42-38)44-34-17-9-6-14-29(34)31-21-24-11-3-4-12-25(24)23-35(31)44/h3-23H,1-2H3. The summed E-state index contributed by atoms with van der Waals surface area (Å²) in [7, 11) is 0.